The van der Waals surface area contributed by atoms with Crippen molar-refractivity contribution in [2.75, 3.05) is 5.32 Å². The van der Waals surface area contributed by atoms with Gasteiger partial charge in [0.1, 0.15) is 0 Å². The Hall–Kier alpha value is -0.990. The molecule has 3 nitrogen and oxygen atoms in total. The normalized spacial score (nSPS) is 25.3. The molecule has 1 aliphatic carbocycles. The van der Waals surface area contributed by atoms with E-state index in [4.69, 9.17) is 0 Å². The first-order valence-corrected chi connectivity index (χ1v) is 6.22. The van der Waals surface area contributed by atoms with Gasteiger partial charge in [-0.05, 0) is 45.4 Å². The van der Waals surface area contributed by atoms with Crippen molar-refractivity contribution in [3.05, 3.63) is 11.3 Å². The van der Waals surface area contributed by atoms with E-state index in [9.17, 15) is 0 Å². The van der Waals surface area contributed by atoms with E-state index in [0.29, 0.717) is 5.92 Å². The lowest BCUT2D eigenvalue weighted by atomic mass is 9.82. The molecule has 2 unspecified atom stereocenters. The molecule has 16 heavy (non-hydrogen) atoms. The number of nitrogens with one attached hydrogen (secondary N) is 2. The zero-order valence-corrected chi connectivity index (χ0v) is 11.0. The summed E-state index contributed by atoms with van der Waals surface area (Å²) in [4.78, 5) is 0. The summed E-state index contributed by atoms with van der Waals surface area (Å²) in [7, 11) is 0. The fourth-order valence-corrected chi connectivity index (χ4v) is 2.60. The predicted molar refractivity (Wildman–Crippen MR) is 67.9 cm³/mol. The lowest BCUT2D eigenvalue weighted by molar-refractivity contribution is 0.444. The Morgan fingerprint density at radius 3 is 2.62 bits per heavy atom. The van der Waals surface area contributed by atoms with Crippen molar-refractivity contribution in [3.8, 4) is 0 Å². The molecule has 1 aromatic heterocycles. The summed E-state index contributed by atoms with van der Waals surface area (Å²) in [6.07, 6.45) is 2.42. The number of nitrogens with zero attached hydrogens (tertiary/aromatic N) is 1. The molecule has 0 spiro atoms. The van der Waals surface area contributed by atoms with Gasteiger partial charge in [-0.3, -0.25) is 5.10 Å². The maximum Gasteiger partial charge on any atom is 0.151 e. The first-order chi connectivity index (χ1) is 7.37. The second-order valence-corrected chi connectivity index (χ2v) is 6.29. The minimum atomic E-state index is 0.0763. The monoisotopic (exact) mass is 221 g/mol. The largest absolute Gasteiger partial charge is 0.364 e. The average Bonchev–Trinajstić information content (AvgIpc) is 2.46. The van der Waals surface area contributed by atoms with E-state index in [1.54, 1.807) is 0 Å². The SMILES string of the molecule is CC1Cc2c(NC(C)(C)C)n[nH]c2C(C)C1. The molecule has 90 valence electrons. The number of aromatic nitrogens is 2. The zero-order chi connectivity index (χ0) is 11.9. The maximum absolute atomic E-state index is 4.43. The summed E-state index contributed by atoms with van der Waals surface area (Å²) in [6, 6.07) is 0. The van der Waals surface area contributed by atoms with Gasteiger partial charge in [-0.25, -0.2) is 0 Å². The lowest BCUT2D eigenvalue weighted by Gasteiger charge is -2.26. The highest BCUT2D eigenvalue weighted by atomic mass is 15.2. The smallest absolute Gasteiger partial charge is 0.151 e. The van der Waals surface area contributed by atoms with Gasteiger partial charge in [0, 0.05) is 16.8 Å². The van der Waals surface area contributed by atoms with E-state index in [2.05, 4.69) is 50.1 Å². The Morgan fingerprint density at radius 1 is 1.31 bits per heavy atom. The van der Waals surface area contributed by atoms with Crippen molar-refractivity contribution >= 4 is 5.82 Å². The van der Waals surface area contributed by atoms with Gasteiger partial charge in [-0.1, -0.05) is 13.8 Å². The number of anilines is 1. The van der Waals surface area contributed by atoms with Crippen molar-refractivity contribution in [1.29, 1.82) is 0 Å². The molecule has 0 aromatic carbocycles. The second-order valence-electron chi connectivity index (χ2n) is 6.29. The molecule has 0 bridgehead atoms. The van der Waals surface area contributed by atoms with Crippen LogP contribution in [-0.2, 0) is 6.42 Å². The summed E-state index contributed by atoms with van der Waals surface area (Å²) in [5.41, 5.74) is 2.82. The molecule has 3 heteroatoms. The maximum atomic E-state index is 4.43. The summed E-state index contributed by atoms with van der Waals surface area (Å²) >= 11 is 0. The van der Waals surface area contributed by atoms with Crippen LogP contribution in [0.25, 0.3) is 0 Å². The molecule has 2 atom stereocenters. The van der Waals surface area contributed by atoms with Crippen molar-refractivity contribution in [3.63, 3.8) is 0 Å². The predicted octanol–water partition coefficient (Wildman–Crippen LogP) is 3.31. The van der Waals surface area contributed by atoms with Crippen LogP contribution in [0, 0.1) is 5.92 Å². The van der Waals surface area contributed by atoms with Crippen LogP contribution < -0.4 is 5.32 Å². The van der Waals surface area contributed by atoms with Gasteiger partial charge in [0.05, 0.1) is 0 Å². The van der Waals surface area contributed by atoms with Crippen molar-refractivity contribution < 1.29 is 0 Å². The molecule has 2 rings (SSSR count). The standard InChI is InChI=1S/C13H23N3/c1-8-6-9(2)11-10(7-8)12(16-15-11)14-13(3,4)5/h8-9H,6-7H2,1-5H3,(H2,14,15,16). The Kier molecular flexibility index (Phi) is 2.72. The van der Waals surface area contributed by atoms with Gasteiger partial charge in [0.25, 0.3) is 0 Å². The number of hydrogen-bond acceptors (Lipinski definition) is 2. The summed E-state index contributed by atoms with van der Waals surface area (Å²) in [5, 5.41) is 11.1. The van der Waals surface area contributed by atoms with Crippen molar-refractivity contribution in [2.45, 2.75) is 58.9 Å². The molecule has 1 aromatic rings. The Morgan fingerprint density at radius 2 is 2.00 bits per heavy atom. The summed E-state index contributed by atoms with van der Waals surface area (Å²) in [5.74, 6) is 2.43. The highest BCUT2D eigenvalue weighted by Gasteiger charge is 2.27. The summed E-state index contributed by atoms with van der Waals surface area (Å²) < 4.78 is 0. The fraction of sp³-hybridized carbons (Fsp3) is 0.769. The molecule has 0 aliphatic heterocycles. The van der Waals surface area contributed by atoms with Crippen molar-refractivity contribution in [1.82, 2.24) is 10.2 Å². The molecular weight excluding hydrogens is 198 g/mol. The van der Waals surface area contributed by atoms with E-state index in [1.165, 1.54) is 17.7 Å². The Balaban J connectivity index is 2.29. The van der Waals surface area contributed by atoms with E-state index in [-0.39, 0.29) is 5.54 Å². The van der Waals surface area contributed by atoms with E-state index in [1.807, 2.05) is 0 Å². The number of fused-ring (bicyclic) bond motifs is 1. The van der Waals surface area contributed by atoms with Gasteiger partial charge in [-0.15, -0.1) is 0 Å². The van der Waals surface area contributed by atoms with Crippen LogP contribution in [0.15, 0.2) is 0 Å². The van der Waals surface area contributed by atoms with Crippen LogP contribution in [0.2, 0.25) is 0 Å². The summed E-state index contributed by atoms with van der Waals surface area (Å²) in [6.45, 7) is 11.1. The van der Waals surface area contributed by atoms with E-state index in [0.717, 1.165) is 18.2 Å². The van der Waals surface area contributed by atoms with Crippen LogP contribution in [0.4, 0.5) is 5.82 Å². The highest BCUT2D eigenvalue weighted by molar-refractivity contribution is 5.50. The first-order valence-electron chi connectivity index (χ1n) is 6.22. The molecule has 0 amide bonds. The highest BCUT2D eigenvalue weighted by Crippen LogP contribution is 2.36. The molecule has 0 fully saturated rings. The van der Waals surface area contributed by atoms with Crippen LogP contribution in [0.5, 0.6) is 0 Å². The average molecular weight is 221 g/mol. The van der Waals surface area contributed by atoms with Crippen LogP contribution >= 0.6 is 0 Å². The van der Waals surface area contributed by atoms with E-state index >= 15 is 0 Å². The van der Waals surface area contributed by atoms with Gasteiger partial charge >= 0.3 is 0 Å². The molecule has 2 N–H and O–H groups in total. The van der Waals surface area contributed by atoms with Crippen molar-refractivity contribution in [2.24, 2.45) is 5.92 Å². The lowest BCUT2D eigenvalue weighted by Crippen LogP contribution is -2.27. The molecule has 0 saturated carbocycles. The minimum Gasteiger partial charge on any atom is -0.364 e. The molecular formula is C13H23N3. The van der Waals surface area contributed by atoms with Gasteiger partial charge in [0.2, 0.25) is 0 Å². The van der Waals surface area contributed by atoms with Crippen LogP contribution in [0.1, 0.15) is 58.2 Å². The number of hydrogen-bond donors (Lipinski definition) is 2. The molecule has 0 radical (unpaired) electrons. The third-order valence-corrected chi connectivity index (χ3v) is 3.19. The second kappa shape index (κ2) is 3.79. The van der Waals surface area contributed by atoms with E-state index < -0.39 is 0 Å². The van der Waals surface area contributed by atoms with Crippen LogP contribution in [-0.4, -0.2) is 15.7 Å². The third-order valence-electron chi connectivity index (χ3n) is 3.19. The topological polar surface area (TPSA) is 40.7 Å². The molecule has 1 aliphatic rings. The Bertz CT molecular complexity index is 373. The fourth-order valence-electron chi connectivity index (χ4n) is 2.60. The van der Waals surface area contributed by atoms with Gasteiger partial charge in [0.15, 0.2) is 5.82 Å². The van der Waals surface area contributed by atoms with Gasteiger partial charge < -0.3 is 5.32 Å². The number of aromatic amines is 1. The molecule has 1 heterocycles. The third kappa shape index (κ3) is 2.23. The quantitative estimate of drug-likeness (QED) is 0.764. The zero-order valence-electron chi connectivity index (χ0n) is 11.0. The first kappa shape index (κ1) is 11.5. The number of rotatable bonds is 1. The number of H-pyrrole nitrogens is 1. The minimum absolute atomic E-state index is 0.0763. The van der Waals surface area contributed by atoms with Gasteiger partial charge in [-0.2, -0.15) is 5.10 Å². The van der Waals surface area contributed by atoms with Crippen LogP contribution in [0.3, 0.4) is 0 Å². The Labute approximate surface area is 98.0 Å². The molecule has 0 saturated heterocycles.